The number of methoxy groups -OCH3 is 1. The van der Waals surface area contributed by atoms with Gasteiger partial charge in [-0.15, -0.1) is 0 Å². The van der Waals surface area contributed by atoms with Crippen molar-refractivity contribution < 1.29 is 18.7 Å². The van der Waals surface area contributed by atoms with E-state index in [-0.39, 0.29) is 29.8 Å². The minimum atomic E-state index is -0.996. The number of H-pyrrole nitrogens is 1. The Bertz CT molecular complexity index is 1600. The summed E-state index contributed by atoms with van der Waals surface area (Å²) in [6, 6.07) is 4.82. The lowest BCUT2D eigenvalue weighted by Gasteiger charge is -2.42. The van der Waals surface area contributed by atoms with Crippen LogP contribution in [-0.4, -0.2) is 61.4 Å². The molecule has 2 aliphatic heterocycles. The van der Waals surface area contributed by atoms with Gasteiger partial charge in [-0.2, -0.15) is 10.2 Å². The van der Waals surface area contributed by atoms with Gasteiger partial charge in [0.05, 0.1) is 30.4 Å². The number of carbonyl (C=O) groups excluding carboxylic acids is 2. The number of hydrogen-bond donors (Lipinski definition) is 4. The molecule has 4 N–H and O–H groups in total. The van der Waals surface area contributed by atoms with E-state index >= 15 is 0 Å². The number of anilines is 1. The van der Waals surface area contributed by atoms with Crippen LogP contribution in [0.25, 0.3) is 5.82 Å². The molecule has 12 nitrogen and oxygen atoms in total. The number of carbonyl (C=O) groups is 2. The number of halogens is 1. The van der Waals surface area contributed by atoms with Crippen molar-refractivity contribution in [3.63, 3.8) is 0 Å². The molecular weight excluding hydrogens is 553 g/mol. The zero-order valence-electron chi connectivity index (χ0n) is 24.2. The lowest BCUT2D eigenvalue weighted by molar-refractivity contribution is -0.150. The molecule has 1 aliphatic carbocycles. The molecule has 0 saturated heterocycles. The van der Waals surface area contributed by atoms with Gasteiger partial charge in [-0.3, -0.25) is 19.7 Å². The molecule has 2 unspecified atom stereocenters. The Hall–Kier alpha value is -4.65. The van der Waals surface area contributed by atoms with Crippen molar-refractivity contribution in [1.29, 1.82) is 0 Å². The number of aromatic nitrogens is 5. The molecular formula is C30H34FN9O3. The lowest BCUT2D eigenvalue weighted by Crippen LogP contribution is -2.53. The number of pyridine rings is 1. The first kappa shape index (κ1) is 28.5. The van der Waals surface area contributed by atoms with E-state index in [0.29, 0.717) is 43.2 Å². The molecule has 0 aromatic carbocycles. The van der Waals surface area contributed by atoms with Crippen LogP contribution in [0.2, 0.25) is 0 Å². The highest BCUT2D eigenvalue weighted by Gasteiger charge is 2.47. The number of ether oxygens (including phenoxy) is 1. The zero-order valence-corrected chi connectivity index (χ0v) is 24.2. The average Bonchev–Trinajstić information content (AvgIpc) is 3.64. The highest BCUT2D eigenvalue weighted by atomic mass is 19.1. The summed E-state index contributed by atoms with van der Waals surface area (Å²) in [6.07, 6.45) is 11.8. The summed E-state index contributed by atoms with van der Waals surface area (Å²) >= 11 is 0. The fourth-order valence-corrected chi connectivity index (χ4v) is 6.14. The van der Waals surface area contributed by atoms with Gasteiger partial charge < -0.3 is 20.7 Å². The van der Waals surface area contributed by atoms with Gasteiger partial charge in [0, 0.05) is 31.3 Å². The Kier molecular flexibility index (Phi) is 7.65. The van der Waals surface area contributed by atoms with Crippen LogP contribution in [0, 0.1) is 24.6 Å². The first-order chi connectivity index (χ1) is 20.7. The van der Waals surface area contributed by atoms with Crippen molar-refractivity contribution in [3.05, 3.63) is 77.8 Å². The molecule has 0 radical (unpaired) electrons. The maximum absolute atomic E-state index is 13.6. The molecule has 1 saturated carbocycles. The van der Waals surface area contributed by atoms with Crippen molar-refractivity contribution in [1.82, 2.24) is 35.6 Å². The summed E-state index contributed by atoms with van der Waals surface area (Å²) < 4.78 is 20.6. The fraction of sp³-hybridized carbons (Fsp3) is 0.400. The summed E-state index contributed by atoms with van der Waals surface area (Å²) in [5.41, 5.74) is 1.62. The minimum absolute atomic E-state index is 0.0704. The normalized spacial score (nSPS) is 25.7. The fourth-order valence-electron chi connectivity index (χ4n) is 6.14. The second-order valence-corrected chi connectivity index (χ2v) is 11.3. The number of aliphatic imine (C=N–C) groups is 1. The van der Waals surface area contributed by atoms with Crippen molar-refractivity contribution >= 4 is 23.5 Å². The van der Waals surface area contributed by atoms with Crippen LogP contribution in [0.15, 0.2) is 65.7 Å². The third kappa shape index (κ3) is 5.72. The van der Waals surface area contributed by atoms with Gasteiger partial charge in [0.1, 0.15) is 11.4 Å². The number of amides is 2. The van der Waals surface area contributed by atoms with Crippen LogP contribution >= 0.6 is 0 Å². The molecule has 224 valence electrons. The molecule has 0 spiro atoms. The number of nitrogens with one attached hydrogen (secondary N) is 4. The standard InChI is InChI=1S/C30H34FN9O3/c1-17-12-24(39-38-17)36-23-13-20-8-11-32-28(41)26(20)27(37-23)19-6-9-30(43-3,10-7-19)29(42)35-18(2)21-4-5-25(33-14-21)40-16-22(31)15-34-40/h4-5,8,11-16,18-19,26-27H,6-7,9-10H2,1-3H3,(H,32,41)(H,35,42)(H2,36,37,38,39)/t18-,19-,26?,27?,30+/m0/s1. The van der Waals surface area contributed by atoms with Crippen LogP contribution in [0.1, 0.15) is 49.9 Å². The van der Waals surface area contributed by atoms with Crippen LogP contribution in [0.4, 0.5) is 10.2 Å². The summed E-state index contributed by atoms with van der Waals surface area (Å²) in [5, 5.41) is 20.3. The number of rotatable bonds is 7. The Morgan fingerprint density at radius 2 is 2.07 bits per heavy atom. The van der Waals surface area contributed by atoms with Gasteiger partial charge in [0.2, 0.25) is 5.91 Å². The first-order valence-electron chi connectivity index (χ1n) is 14.3. The topological polar surface area (TPSA) is 151 Å². The van der Waals surface area contributed by atoms with Crippen molar-refractivity contribution in [2.45, 2.75) is 57.2 Å². The number of dihydropyridines is 1. The molecule has 1 fully saturated rings. The number of hydrogen-bond acceptors (Lipinski definition) is 8. The van der Waals surface area contributed by atoms with Crippen LogP contribution in [-0.2, 0) is 14.3 Å². The molecule has 3 atom stereocenters. The quantitative estimate of drug-likeness (QED) is 0.331. The first-order valence-corrected chi connectivity index (χ1v) is 14.3. The number of aryl methyl sites for hydroxylation is 1. The molecule has 3 aromatic rings. The van der Waals surface area contributed by atoms with E-state index < -0.39 is 17.3 Å². The summed E-state index contributed by atoms with van der Waals surface area (Å²) in [5.74, 6) is 0.725. The summed E-state index contributed by atoms with van der Waals surface area (Å²) in [6.45, 7) is 3.80. The minimum Gasteiger partial charge on any atom is -0.368 e. The molecule has 3 aliphatic rings. The van der Waals surface area contributed by atoms with Crippen LogP contribution in [0.5, 0.6) is 0 Å². The summed E-state index contributed by atoms with van der Waals surface area (Å²) in [4.78, 5) is 35.9. The number of aromatic amines is 1. The predicted octanol–water partition coefficient (Wildman–Crippen LogP) is 3.27. The van der Waals surface area contributed by atoms with Gasteiger partial charge in [-0.05, 0) is 74.8 Å². The average molecular weight is 588 g/mol. The molecule has 43 heavy (non-hydrogen) atoms. The van der Waals surface area contributed by atoms with E-state index in [1.807, 2.05) is 38.1 Å². The van der Waals surface area contributed by atoms with Crippen molar-refractivity contribution in [2.24, 2.45) is 16.8 Å². The second kappa shape index (κ2) is 11.6. The molecule has 0 bridgehead atoms. The SMILES string of the molecule is CO[C@]1(C(=O)N[C@@H](C)c2ccc(-n3cc(F)cn3)nc2)CC[C@H](C2N=C(Nc3cc(C)[nH]n3)C=C3C=CNC(=O)C32)CC1. The zero-order chi connectivity index (χ0) is 30.1. The molecule has 5 heterocycles. The van der Waals surface area contributed by atoms with Gasteiger partial charge in [0.15, 0.2) is 17.5 Å². The molecule has 6 rings (SSSR count). The molecule has 13 heteroatoms. The predicted molar refractivity (Wildman–Crippen MR) is 157 cm³/mol. The van der Waals surface area contributed by atoms with E-state index in [1.165, 1.54) is 10.9 Å². The monoisotopic (exact) mass is 587 g/mol. The van der Waals surface area contributed by atoms with Crippen molar-refractivity contribution in [3.8, 4) is 5.82 Å². The van der Waals surface area contributed by atoms with Crippen molar-refractivity contribution in [2.75, 3.05) is 12.4 Å². The van der Waals surface area contributed by atoms with Crippen LogP contribution in [0.3, 0.4) is 0 Å². The second-order valence-electron chi connectivity index (χ2n) is 11.3. The number of fused-ring (bicyclic) bond motifs is 1. The van der Waals surface area contributed by atoms with Gasteiger partial charge >= 0.3 is 0 Å². The van der Waals surface area contributed by atoms with E-state index in [2.05, 4.69) is 36.2 Å². The van der Waals surface area contributed by atoms with Crippen LogP contribution < -0.4 is 16.0 Å². The maximum Gasteiger partial charge on any atom is 0.252 e. The number of amidine groups is 1. The highest BCUT2D eigenvalue weighted by Crippen LogP contribution is 2.42. The van der Waals surface area contributed by atoms with Gasteiger partial charge in [-0.1, -0.05) is 6.07 Å². The molecule has 2 amide bonds. The number of allylic oxidation sites excluding steroid dienone is 1. The third-order valence-corrected chi connectivity index (χ3v) is 8.57. The number of nitrogens with zero attached hydrogens (tertiary/aromatic N) is 5. The van der Waals surface area contributed by atoms with E-state index in [0.717, 1.165) is 23.0 Å². The van der Waals surface area contributed by atoms with E-state index in [9.17, 15) is 14.0 Å². The van der Waals surface area contributed by atoms with Gasteiger partial charge in [0.25, 0.3) is 5.91 Å². The van der Waals surface area contributed by atoms with Gasteiger partial charge in [-0.25, -0.2) is 14.1 Å². The smallest absolute Gasteiger partial charge is 0.252 e. The Morgan fingerprint density at radius 1 is 1.26 bits per heavy atom. The lowest BCUT2D eigenvalue weighted by atomic mass is 9.70. The highest BCUT2D eigenvalue weighted by molar-refractivity contribution is 6.06. The Morgan fingerprint density at radius 3 is 2.72 bits per heavy atom. The largest absolute Gasteiger partial charge is 0.368 e. The third-order valence-electron chi connectivity index (χ3n) is 8.57. The Labute approximate surface area is 247 Å². The molecule has 3 aromatic heterocycles. The Balaban J connectivity index is 1.13. The summed E-state index contributed by atoms with van der Waals surface area (Å²) in [7, 11) is 1.57. The van der Waals surface area contributed by atoms with E-state index in [1.54, 1.807) is 25.6 Å². The maximum atomic E-state index is 13.6. The van der Waals surface area contributed by atoms with E-state index in [4.69, 9.17) is 9.73 Å².